The molecule has 0 radical (unpaired) electrons. The standard InChI is InChI=1S/C13H16BrN3OS/c1-2-9(7-15)13-16-12(17-18-13)8-19-11-5-3-10(14)4-6-11/h3-6,9H,2,7-8,15H2,1H3. The third-order valence-electron chi connectivity index (χ3n) is 2.79. The Labute approximate surface area is 125 Å². The molecule has 2 aromatic rings. The van der Waals surface area contributed by atoms with Crippen LogP contribution in [0.25, 0.3) is 0 Å². The molecule has 1 unspecified atom stereocenters. The molecule has 0 fully saturated rings. The summed E-state index contributed by atoms with van der Waals surface area (Å²) in [4.78, 5) is 5.58. The monoisotopic (exact) mass is 341 g/mol. The first-order valence-electron chi connectivity index (χ1n) is 6.13. The number of rotatable bonds is 6. The summed E-state index contributed by atoms with van der Waals surface area (Å²) in [6.07, 6.45) is 0.915. The molecule has 0 saturated carbocycles. The van der Waals surface area contributed by atoms with Gasteiger partial charge in [0.2, 0.25) is 5.89 Å². The van der Waals surface area contributed by atoms with E-state index < -0.39 is 0 Å². The fraction of sp³-hybridized carbons (Fsp3) is 0.385. The van der Waals surface area contributed by atoms with Crippen LogP contribution in [-0.2, 0) is 5.75 Å². The number of benzene rings is 1. The van der Waals surface area contributed by atoms with Crippen molar-refractivity contribution in [3.05, 3.63) is 40.5 Å². The molecular formula is C13H16BrN3OS. The molecule has 1 aromatic carbocycles. The minimum absolute atomic E-state index is 0.166. The van der Waals surface area contributed by atoms with Crippen molar-refractivity contribution in [2.75, 3.05) is 6.54 Å². The number of nitrogens with two attached hydrogens (primary N) is 1. The van der Waals surface area contributed by atoms with Crippen LogP contribution in [0.5, 0.6) is 0 Å². The van der Waals surface area contributed by atoms with Gasteiger partial charge in [-0.1, -0.05) is 28.0 Å². The molecule has 1 aromatic heterocycles. The minimum Gasteiger partial charge on any atom is -0.339 e. The average Bonchev–Trinajstić information content (AvgIpc) is 2.88. The number of nitrogens with zero attached hydrogens (tertiary/aromatic N) is 2. The van der Waals surface area contributed by atoms with Crippen molar-refractivity contribution >= 4 is 27.7 Å². The molecule has 1 atom stereocenters. The Morgan fingerprint density at radius 3 is 2.74 bits per heavy atom. The van der Waals surface area contributed by atoms with Crippen LogP contribution < -0.4 is 5.73 Å². The highest BCUT2D eigenvalue weighted by molar-refractivity contribution is 9.10. The predicted molar refractivity (Wildman–Crippen MR) is 80.1 cm³/mol. The lowest BCUT2D eigenvalue weighted by Gasteiger charge is -2.04. The average molecular weight is 342 g/mol. The highest BCUT2D eigenvalue weighted by Crippen LogP contribution is 2.24. The van der Waals surface area contributed by atoms with Crippen molar-refractivity contribution in [1.29, 1.82) is 0 Å². The zero-order valence-electron chi connectivity index (χ0n) is 10.7. The SMILES string of the molecule is CCC(CN)c1nc(CSc2ccc(Br)cc2)no1. The third kappa shape index (κ3) is 4.06. The molecule has 0 aliphatic carbocycles. The van der Waals surface area contributed by atoms with Crippen LogP contribution in [0.15, 0.2) is 38.2 Å². The fourth-order valence-electron chi connectivity index (χ4n) is 1.61. The van der Waals surface area contributed by atoms with Gasteiger partial charge in [0.05, 0.1) is 11.7 Å². The Morgan fingerprint density at radius 2 is 2.11 bits per heavy atom. The summed E-state index contributed by atoms with van der Waals surface area (Å²) < 4.78 is 6.33. The minimum atomic E-state index is 0.166. The van der Waals surface area contributed by atoms with Crippen LogP contribution in [0.4, 0.5) is 0 Å². The van der Waals surface area contributed by atoms with Gasteiger partial charge in [-0.3, -0.25) is 0 Å². The van der Waals surface area contributed by atoms with Crippen LogP contribution in [-0.4, -0.2) is 16.7 Å². The smallest absolute Gasteiger partial charge is 0.231 e. The van der Waals surface area contributed by atoms with Gasteiger partial charge in [0.15, 0.2) is 5.82 Å². The van der Waals surface area contributed by atoms with Gasteiger partial charge in [0.25, 0.3) is 0 Å². The summed E-state index contributed by atoms with van der Waals surface area (Å²) >= 11 is 5.10. The van der Waals surface area contributed by atoms with Crippen molar-refractivity contribution in [1.82, 2.24) is 10.1 Å². The lowest BCUT2D eigenvalue weighted by atomic mass is 10.1. The van der Waals surface area contributed by atoms with Gasteiger partial charge < -0.3 is 10.3 Å². The highest BCUT2D eigenvalue weighted by Gasteiger charge is 2.15. The summed E-state index contributed by atoms with van der Waals surface area (Å²) in [5, 5.41) is 3.99. The summed E-state index contributed by atoms with van der Waals surface area (Å²) in [5.74, 6) is 2.23. The highest BCUT2D eigenvalue weighted by atomic mass is 79.9. The maximum atomic E-state index is 5.67. The molecule has 102 valence electrons. The molecule has 0 saturated heterocycles. The number of hydrogen-bond donors (Lipinski definition) is 1. The first-order valence-corrected chi connectivity index (χ1v) is 7.91. The Kier molecular flexibility index (Phi) is 5.42. The zero-order chi connectivity index (χ0) is 13.7. The largest absolute Gasteiger partial charge is 0.339 e. The van der Waals surface area contributed by atoms with Gasteiger partial charge in [-0.2, -0.15) is 4.98 Å². The Morgan fingerprint density at radius 1 is 1.37 bits per heavy atom. The summed E-state index contributed by atoms with van der Waals surface area (Å²) in [6.45, 7) is 2.61. The summed E-state index contributed by atoms with van der Waals surface area (Å²) in [5.41, 5.74) is 5.67. The lowest BCUT2D eigenvalue weighted by Crippen LogP contribution is -2.11. The topological polar surface area (TPSA) is 64.9 Å². The van der Waals surface area contributed by atoms with E-state index in [1.54, 1.807) is 11.8 Å². The number of halogens is 1. The molecule has 0 bridgehead atoms. The molecule has 0 aliphatic rings. The van der Waals surface area contributed by atoms with Crippen LogP contribution in [0.1, 0.15) is 31.0 Å². The molecular weight excluding hydrogens is 326 g/mol. The third-order valence-corrected chi connectivity index (χ3v) is 4.33. The Hall–Kier alpha value is -0.850. The predicted octanol–water partition coefficient (Wildman–Crippen LogP) is 3.58. The maximum Gasteiger partial charge on any atom is 0.231 e. The molecule has 0 aliphatic heterocycles. The number of hydrogen-bond acceptors (Lipinski definition) is 5. The molecule has 6 heteroatoms. The van der Waals surface area contributed by atoms with Gasteiger partial charge in [-0.05, 0) is 30.7 Å². The molecule has 1 heterocycles. The number of aromatic nitrogens is 2. The summed E-state index contributed by atoms with van der Waals surface area (Å²) in [6, 6.07) is 8.16. The molecule has 0 amide bonds. The van der Waals surface area contributed by atoms with Crippen LogP contribution in [0.3, 0.4) is 0 Å². The van der Waals surface area contributed by atoms with Crippen LogP contribution in [0.2, 0.25) is 0 Å². The van der Waals surface area contributed by atoms with Crippen molar-refractivity contribution in [2.45, 2.75) is 29.9 Å². The van der Waals surface area contributed by atoms with Gasteiger partial charge in [0, 0.05) is 15.9 Å². The maximum absolute atomic E-state index is 5.67. The van der Waals surface area contributed by atoms with E-state index in [-0.39, 0.29) is 5.92 Å². The van der Waals surface area contributed by atoms with Gasteiger partial charge in [-0.15, -0.1) is 11.8 Å². The Bertz CT molecular complexity index is 511. The molecule has 2 N–H and O–H groups in total. The molecule has 2 rings (SSSR count). The quantitative estimate of drug-likeness (QED) is 0.813. The van der Waals surface area contributed by atoms with E-state index in [9.17, 15) is 0 Å². The van der Waals surface area contributed by atoms with E-state index in [2.05, 4.69) is 45.1 Å². The first-order chi connectivity index (χ1) is 9.22. The Balaban J connectivity index is 1.95. The summed E-state index contributed by atoms with van der Waals surface area (Å²) in [7, 11) is 0. The second kappa shape index (κ2) is 7.07. The van der Waals surface area contributed by atoms with E-state index in [1.807, 2.05) is 12.1 Å². The normalized spacial score (nSPS) is 12.6. The van der Waals surface area contributed by atoms with Gasteiger partial charge in [-0.25, -0.2) is 0 Å². The van der Waals surface area contributed by atoms with E-state index >= 15 is 0 Å². The van der Waals surface area contributed by atoms with E-state index in [0.29, 0.717) is 18.2 Å². The second-order valence-corrected chi connectivity index (χ2v) is 6.10. The van der Waals surface area contributed by atoms with Crippen molar-refractivity contribution in [2.24, 2.45) is 5.73 Å². The van der Waals surface area contributed by atoms with Gasteiger partial charge in [0.1, 0.15) is 0 Å². The fourth-order valence-corrected chi connectivity index (χ4v) is 2.62. The van der Waals surface area contributed by atoms with Gasteiger partial charge >= 0.3 is 0 Å². The van der Waals surface area contributed by atoms with Crippen molar-refractivity contribution < 1.29 is 4.52 Å². The van der Waals surface area contributed by atoms with E-state index in [1.165, 1.54) is 4.90 Å². The molecule has 0 spiro atoms. The molecule has 19 heavy (non-hydrogen) atoms. The van der Waals surface area contributed by atoms with Crippen molar-refractivity contribution in [3.8, 4) is 0 Å². The first kappa shape index (κ1) is 14.6. The van der Waals surface area contributed by atoms with Crippen LogP contribution >= 0.6 is 27.7 Å². The zero-order valence-corrected chi connectivity index (χ0v) is 13.1. The van der Waals surface area contributed by atoms with E-state index in [4.69, 9.17) is 10.3 Å². The second-order valence-electron chi connectivity index (χ2n) is 4.13. The van der Waals surface area contributed by atoms with Crippen molar-refractivity contribution in [3.63, 3.8) is 0 Å². The van der Waals surface area contributed by atoms with Crippen LogP contribution in [0, 0.1) is 0 Å². The lowest BCUT2D eigenvalue weighted by molar-refractivity contribution is 0.348. The van der Waals surface area contributed by atoms with E-state index in [0.717, 1.165) is 16.7 Å². The number of thioether (sulfide) groups is 1. The molecule has 4 nitrogen and oxygen atoms in total.